The molecule has 0 N–H and O–H groups in total. The molecule has 0 fully saturated rings. The average Bonchev–Trinajstić information content (AvgIpc) is 2.16. The quantitative estimate of drug-likeness (QED) is 0.445. The van der Waals surface area contributed by atoms with E-state index in [1.165, 1.54) is 19.3 Å². The molecule has 0 aromatic rings. The lowest BCUT2D eigenvalue weighted by molar-refractivity contribution is 0.295. The van der Waals surface area contributed by atoms with Crippen LogP contribution in [0.3, 0.4) is 0 Å². The molecule has 0 aliphatic heterocycles. The van der Waals surface area contributed by atoms with Crippen LogP contribution in [0.4, 0.5) is 0 Å². The molecule has 2 nitrogen and oxygen atoms in total. The first-order valence-corrected chi connectivity index (χ1v) is 4.93. The number of nitrogens with zero attached hydrogens (tertiary/aromatic N) is 2. The second-order valence-electron chi connectivity index (χ2n) is 3.42. The Labute approximate surface area is 81.9 Å². The Bertz CT molecular complexity index is 169. The summed E-state index contributed by atoms with van der Waals surface area (Å²) in [5, 5.41) is 8.64. The first kappa shape index (κ1) is 12.2. The highest BCUT2D eigenvalue weighted by Gasteiger charge is 2.05. The number of unbranched alkanes of at least 4 members (excludes halogenated alkanes) is 3. The summed E-state index contributed by atoms with van der Waals surface area (Å²) in [5.41, 5.74) is 0. The van der Waals surface area contributed by atoms with Crippen LogP contribution in [-0.4, -0.2) is 24.5 Å². The highest BCUT2D eigenvalue weighted by atomic mass is 15.1. The van der Waals surface area contributed by atoms with Gasteiger partial charge in [-0.1, -0.05) is 12.5 Å². The molecule has 0 heterocycles. The van der Waals surface area contributed by atoms with Crippen LogP contribution in [0.25, 0.3) is 0 Å². The number of nitriles is 1. The van der Waals surface area contributed by atoms with Gasteiger partial charge in [0.15, 0.2) is 0 Å². The molecule has 0 saturated carbocycles. The molecule has 0 bridgehead atoms. The molecule has 0 spiro atoms. The van der Waals surface area contributed by atoms with Crippen molar-refractivity contribution < 1.29 is 0 Å². The van der Waals surface area contributed by atoms with Gasteiger partial charge in [-0.15, -0.1) is 6.58 Å². The Morgan fingerprint density at radius 3 is 2.69 bits per heavy atom. The second kappa shape index (κ2) is 7.82. The average molecular weight is 180 g/mol. The molecule has 0 aliphatic carbocycles. The topological polar surface area (TPSA) is 27.0 Å². The molecule has 0 aromatic heterocycles. The smallest absolute Gasteiger partial charge is 0.0946 e. The van der Waals surface area contributed by atoms with Crippen LogP contribution in [0.15, 0.2) is 12.7 Å². The van der Waals surface area contributed by atoms with Gasteiger partial charge in [-0.05, 0) is 39.8 Å². The van der Waals surface area contributed by atoms with Crippen molar-refractivity contribution in [2.24, 2.45) is 0 Å². The van der Waals surface area contributed by atoms with E-state index in [-0.39, 0.29) is 6.04 Å². The fourth-order valence-electron chi connectivity index (χ4n) is 1.12. The van der Waals surface area contributed by atoms with E-state index in [4.69, 9.17) is 5.26 Å². The van der Waals surface area contributed by atoms with Crippen molar-refractivity contribution in [3.63, 3.8) is 0 Å². The number of allylic oxidation sites excluding steroid dienone is 1. The summed E-state index contributed by atoms with van der Waals surface area (Å²) in [4.78, 5) is 2.09. The van der Waals surface area contributed by atoms with Crippen molar-refractivity contribution in [1.29, 1.82) is 5.26 Å². The van der Waals surface area contributed by atoms with Crippen LogP contribution < -0.4 is 0 Å². The van der Waals surface area contributed by atoms with Crippen LogP contribution in [-0.2, 0) is 0 Å². The lowest BCUT2D eigenvalue weighted by Crippen LogP contribution is -2.28. The molecule has 1 unspecified atom stereocenters. The van der Waals surface area contributed by atoms with E-state index in [0.29, 0.717) is 0 Å². The molecular formula is C11H20N2. The Morgan fingerprint density at radius 1 is 1.46 bits per heavy atom. The fourth-order valence-corrected chi connectivity index (χ4v) is 1.12. The number of hydrogen-bond acceptors (Lipinski definition) is 2. The van der Waals surface area contributed by atoms with E-state index in [1.54, 1.807) is 0 Å². The first-order valence-electron chi connectivity index (χ1n) is 4.93. The van der Waals surface area contributed by atoms with Gasteiger partial charge in [0.2, 0.25) is 0 Å². The van der Waals surface area contributed by atoms with Crippen molar-refractivity contribution in [3.05, 3.63) is 12.7 Å². The summed E-state index contributed by atoms with van der Waals surface area (Å²) in [6.45, 7) is 6.64. The zero-order valence-corrected chi connectivity index (χ0v) is 8.79. The molecule has 0 saturated heterocycles. The molecule has 0 amide bonds. The van der Waals surface area contributed by atoms with Crippen LogP contribution in [0.1, 0.15) is 32.6 Å². The normalized spacial score (nSPS) is 12.5. The molecule has 13 heavy (non-hydrogen) atoms. The lowest BCUT2D eigenvalue weighted by atomic mass is 10.2. The molecule has 0 aliphatic rings. The Kier molecular flexibility index (Phi) is 7.33. The molecule has 2 heteroatoms. The number of rotatable bonds is 7. The summed E-state index contributed by atoms with van der Waals surface area (Å²) in [6, 6.07) is 2.27. The van der Waals surface area contributed by atoms with E-state index in [9.17, 15) is 0 Å². The third-order valence-electron chi connectivity index (χ3n) is 2.27. The van der Waals surface area contributed by atoms with Gasteiger partial charge >= 0.3 is 0 Å². The highest BCUT2D eigenvalue weighted by molar-refractivity contribution is 4.86. The van der Waals surface area contributed by atoms with Crippen LogP contribution in [0.5, 0.6) is 0 Å². The van der Waals surface area contributed by atoms with E-state index in [2.05, 4.69) is 17.5 Å². The molecular weight excluding hydrogens is 160 g/mol. The standard InChI is InChI=1S/C11H20N2/c1-4-5-6-7-8-9-13(3)11(2)10-12/h4,11H,1,5-9H2,2-3H3. The molecule has 0 rings (SSSR count). The summed E-state index contributed by atoms with van der Waals surface area (Å²) in [6.07, 6.45) is 6.70. The molecule has 0 radical (unpaired) electrons. The highest BCUT2D eigenvalue weighted by Crippen LogP contribution is 2.02. The minimum Gasteiger partial charge on any atom is -0.291 e. The van der Waals surface area contributed by atoms with Gasteiger partial charge in [0, 0.05) is 0 Å². The second-order valence-corrected chi connectivity index (χ2v) is 3.42. The third kappa shape index (κ3) is 6.36. The largest absolute Gasteiger partial charge is 0.291 e. The Hall–Kier alpha value is -0.810. The summed E-state index contributed by atoms with van der Waals surface area (Å²) >= 11 is 0. The van der Waals surface area contributed by atoms with Gasteiger partial charge in [-0.25, -0.2) is 0 Å². The van der Waals surface area contributed by atoms with Crippen molar-refractivity contribution in [1.82, 2.24) is 4.90 Å². The van der Waals surface area contributed by atoms with Crippen LogP contribution in [0, 0.1) is 11.3 Å². The van der Waals surface area contributed by atoms with Crippen molar-refractivity contribution >= 4 is 0 Å². The van der Waals surface area contributed by atoms with Gasteiger partial charge in [0.05, 0.1) is 12.1 Å². The summed E-state index contributed by atoms with van der Waals surface area (Å²) in [5.74, 6) is 0. The number of hydrogen-bond donors (Lipinski definition) is 0. The Balaban J connectivity index is 3.32. The lowest BCUT2D eigenvalue weighted by Gasteiger charge is -2.18. The van der Waals surface area contributed by atoms with E-state index >= 15 is 0 Å². The first-order chi connectivity index (χ1) is 6.22. The minimum absolute atomic E-state index is 0.0411. The van der Waals surface area contributed by atoms with E-state index < -0.39 is 0 Å². The zero-order valence-electron chi connectivity index (χ0n) is 8.79. The van der Waals surface area contributed by atoms with E-state index in [0.717, 1.165) is 13.0 Å². The maximum Gasteiger partial charge on any atom is 0.0946 e. The monoisotopic (exact) mass is 180 g/mol. The third-order valence-corrected chi connectivity index (χ3v) is 2.27. The van der Waals surface area contributed by atoms with Gasteiger partial charge < -0.3 is 0 Å². The van der Waals surface area contributed by atoms with Gasteiger partial charge in [-0.3, -0.25) is 4.90 Å². The summed E-state index contributed by atoms with van der Waals surface area (Å²) < 4.78 is 0. The van der Waals surface area contributed by atoms with Crippen molar-refractivity contribution in [2.75, 3.05) is 13.6 Å². The summed E-state index contributed by atoms with van der Waals surface area (Å²) in [7, 11) is 2.00. The zero-order chi connectivity index (χ0) is 10.1. The van der Waals surface area contributed by atoms with Crippen LogP contribution >= 0.6 is 0 Å². The molecule has 1 atom stereocenters. The maximum atomic E-state index is 8.64. The van der Waals surface area contributed by atoms with Crippen molar-refractivity contribution in [2.45, 2.75) is 38.6 Å². The fraction of sp³-hybridized carbons (Fsp3) is 0.727. The molecule has 0 aromatic carbocycles. The predicted molar refractivity (Wildman–Crippen MR) is 56.4 cm³/mol. The van der Waals surface area contributed by atoms with Gasteiger partial charge in [0.25, 0.3) is 0 Å². The van der Waals surface area contributed by atoms with Gasteiger partial charge in [0.1, 0.15) is 0 Å². The van der Waals surface area contributed by atoms with Crippen LogP contribution in [0.2, 0.25) is 0 Å². The van der Waals surface area contributed by atoms with Crippen molar-refractivity contribution in [3.8, 4) is 6.07 Å². The minimum atomic E-state index is 0.0411. The maximum absolute atomic E-state index is 8.64. The molecule has 74 valence electrons. The van der Waals surface area contributed by atoms with Gasteiger partial charge in [-0.2, -0.15) is 5.26 Å². The predicted octanol–water partition coefficient (Wildman–Crippen LogP) is 2.58. The SMILES string of the molecule is C=CCCCCCN(C)C(C)C#N. The van der Waals surface area contributed by atoms with E-state index in [1.807, 2.05) is 20.0 Å². The Morgan fingerprint density at radius 2 is 2.15 bits per heavy atom.